The van der Waals surface area contributed by atoms with Gasteiger partial charge in [-0.3, -0.25) is 4.79 Å². The summed E-state index contributed by atoms with van der Waals surface area (Å²) in [6.45, 7) is 3.63. The van der Waals surface area contributed by atoms with Crippen LogP contribution in [0.5, 0.6) is 0 Å². The molecule has 1 N–H and O–H groups in total. The summed E-state index contributed by atoms with van der Waals surface area (Å²) >= 11 is 0. The maximum Gasteiger partial charge on any atom is 0.243 e. The van der Waals surface area contributed by atoms with Crippen LogP contribution in [-0.4, -0.2) is 55.8 Å². The topological polar surface area (TPSA) is 69.7 Å². The molecule has 2 saturated heterocycles. The molecule has 0 radical (unpaired) electrons. The van der Waals surface area contributed by atoms with Crippen molar-refractivity contribution in [3.63, 3.8) is 0 Å². The van der Waals surface area contributed by atoms with E-state index in [1.807, 2.05) is 0 Å². The second-order valence-corrected chi connectivity index (χ2v) is 9.18. The standard InChI is InChI=1S/C18H25N3O3S/c22-18-8-5-14-12-16(6-7-17(14)19-18)25(23,24)21-11-3-4-15(21)13-20-9-1-2-10-20/h6-7,12,15H,1-5,8-11,13H2,(H,19,22)/t15-/m1/s1. The number of carbonyl (C=O) groups excluding carboxylic acids is 1. The zero-order valence-electron chi connectivity index (χ0n) is 14.4. The first-order valence-corrected chi connectivity index (χ1v) is 10.6. The number of sulfonamides is 1. The van der Waals surface area contributed by atoms with Gasteiger partial charge in [0.2, 0.25) is 15.9 Å². The first-order chi connectivity index (χ1) is 12.0. The van der Waals surface area contributed by atoms with Crippen molar-refractivity contribution in [2.45, 2.75) is 49.5 Å². The first kappa shape index (κ1) is 17.0. The highest BCUT2D eigenvalue weighted by Gasteiger charge is 2.36. The van der Waals surface area contributed by atoms with Crippen molar-refractivity contribution in [3.8, 4) is 0 Å². The van der Waals surface area contributed by atoms with Crippen molar-refractivity contribution in [3.05, 3.63) is 23.8 Å². The third-order valence-electron chi connectivity index (χ3n) is 5.57. The molecule has 1 aromatic rings. The number of aryl methyl sites for hydroxylation is 1. The van der Waals surface area contributed by atoms with E-state index in [4.69, 9.17) is 0 Å². The molecule has 3 aliphatic rings. The van der Waals surface area contributed by atoms with E-state index in [0.717, 1.165) is 43.7 Å². The van der Waals surface area contributed by atoms with E-state index in [1.54, 1.807) is 22.5 Å². The van der Waals surface area contributed by atoms with E-state index >= 15 is 0 Å². The van der Waals surface area contributed by atoms with Gasteiger partial charge in [-0.1, -0.05) is 0 Å². The fourth-order valence-corrected chi connectivity index (χ4v) is 5.96. The molecule has 3 aliphatic heterocycles. The summed E-state index contributed by atoms with van der Waals surface area (Å²) in [7, 11) is -3.48. The Labute approximate surface area is 149 Å². The number of hydrogen-bond acceptors (Lipinski definition) is 4. The molecular weight excluding hydrogens is 338 g/mol. The molecule has 2 fully saturated rings. The molecule has 7 heteroatoms. The summed E-state index contributed by atoms with van der Waals surface area (Å²) in [6, 6.07) is 5.18. The monoisotopic (exact) mass is 363 g/mol. The van der Waals surface area contributed by atoms with Crippen LogP contribution in [-0.2, 0) is 21.2 Å². The molecular formula is C18H25N3O3S. The van der Waals surface area contributed by atoms with Crippen LogP contribution < -0.4 is 5.32 Å². The van der Waals surface area contributed by atoms with Gasteiger partial charge in [0, 0.05) is 31.2 Å². The predicted molar refractivity (Wildman–Crippen MR) is 96.0 cm³/mol. The van der Waals surface area contributed by atoms with Crippen LogP contribution >= 0.6 is 0 Å². The Balaban J connectivity index is 1.57. The van der Waals surface area contributed by atoms with Gasteiger partial charge in [0.15, 0.2) is 0 Å². The number of hydrogen-bond donors (Lipinski definition) is 1. The normalized spacial score (nSPS) is 25.1. The van der Waals surface area contributed by atoms with Crippen molar-refractivity contribution < 1.29 is 13.2 Å². The zero-order chi connectivity index (χ0) is 17.4. The van der Waals surface area contributed by atoms with Gasteiger partial charge in [-0.25, -0.2) is 8.42 Å². The van der Waals surface area contributed by atoms with E-state index in [2.05, 4.69) is 10.2 Å². The maximum absolute atomic E-state index is 13.2. The predicted octanol–water partition coefficient (Wildman–Crippen LogP) is 1.82. The second kappa shape index (κ2) is 6.70. The van der Waals surface area contributed by atoms with Gasteiger partial charge in [-0.05, 0) is 69.0 Å². The van der Waals surface area contributed by atoms with Crippen molar-refractivity contribution in [2.24, 2.45) is 0 Å². The maximum atomic E-state index is 13.2. The molecule has 0 unspecified atom stereocenters. The summed E-state index contributed by atoms with van der Waals surface area (Å²) in [5, 5.41) is 2.81. The summed E-state index contributed by atoms with van der Waals surface area (Å²) in [5.74, 6) is -0.00618. The van der Waals surface area contributed by atoms with Crippen molar-refractivity contribution in [1.29, 1.82) is 0 Å². The number of benzene rings is 1. The molecule has 0 aromatic heterocycles. The average molecular weight is 363 g/mol. The molecule has 3 heterocycles. The minimum Gasteiger partial charge on any atom is -0.326 e. The van der Waals surface area contributed by atoms with Gasteiger partial charge in [0.25, 0.3) is 0 Å². The zero-order valence-corrected chi connectivity index (χ0v) is 15.2. The first-order valence-electron chi connectivity index (χ1n) is 9.21. The van der Waals surface area contributed by atoms with Crippen LogP contribution in [0, 0.1) is 0 Å². The molecule has 25 heavy (non-hydrogen) atoms. The Bertz CT molecular complexity index is 772. The number of anilines is 1. The molecule has 1 atom stereocenters. The van der Waals surface area contributed by atoms with Gasteiger partial charge in [0.05, 0.1) is 4.90 Å². The van der Waals surface area contributed by atoms with Gasteiger partial charge in [-0.15, -0.1) is 0 Å². The Morgan fingerprint density at radius 1 is 1.08 bits per heavy atom. The Kier molecular flexibility index (Phi) is 4.56. The van der Waals surface area contributed by atoms with Gasteiger partial charge in [0.1, 0.15) is 0 Å². The van der Waals surface area contributed by atoms with E-state index in [0.29, 0.717) is 24.3 Å². The van der Waals surface area contributed by atoms with Gasteiger partial charge >= 0.3 is 0 Å². The third kappa shape index (κ3) is 3.32. The third-order valence-corrected chi connectivity index (χ3v) is 7.52. The van der Waals surface area contributed by atoms with Crippen LogP contribution in [0.1, 0.15) is 37.7 Å². The highest BCUT2D eigenvalue weighted by atomic mass is 32.2. The van der Waals surface area contributed by atoms with Crippen LogP contribution in [0.25, 0.3) is 0 Å². The molecule has 0 aliphatic carbocycles. The summed E-state index contributed by atoms with van der Waals surface area (Å²) in [5.41, 5.74) is 1.65. The quantitative estimate of drug-likeness (QED) is 0.886. The largest absolute Gasteiger partial charge is 0.326 e. The highest BCUT2D eigenvalue weighted by Crippen LogP contribution is 2.31. The molecule has 6 nitrogen and oxygen atoms in total. The van der Waals surface area contributed by atoms with E-state index in [9.17, 15) is 13.2 Å². The van der Waals surface area contributed by atoms with E-state index in [1.165, 1.54) is 12.8 Å². The number of carbonyl (C=O) groups is 1. The number of likely N-dealkylation sites (tertiary alicyclic amines) is 1. The number of rotatable bonds is 4. The molecule has 4 rings (SSSR count). The van der Waals surface area contributed by atoms with Crippen LogP contribution in [0.4, 0.5) is 5.69 Å². The minimum absolute atomic E-state index is 0.00618. The fraction of sp³-hybridized carbons (Fsp3) is 0.611. The molecule has 1 amide bonds. The highest BCUT2D eigenvalue weighted by molar-refractivity contribution is 7.89. The van der Waals surface area contributed by atoms with Crippen molar-refractivity contribution in [1.82, 2.24) is 9.21 Å². The lowest BCUT2D eigenvalue weighted by molar-refractivity contribution is -0.116. The molecule has 1 aromatic carbocycles. The lowest BCUT2D eigenvalue weighted by Crippen LogP contribution is -2.42. The number of amides is 1. The summed E-state index contributed by atoms with van der Waals surface area (Å²) in [4.78, 5) is 14.2. The second-order valence-electron chi connectivity index (χ2n) is 7.29. The average Bonchev–Trinajstić information content (AvgIpc) is 3.27. The summed E-state index contributed by atoms with van der Waals surface area (Å²) in [6.07, 6.45) is 5.32. The fourth-order valence-electron chi connectivity index (χ4n) is 4.23. The van der Waals surface area contributed by atoms with E-state index < -0.39 is 10.0 Å². The number of fused-ring (bicyclic) bond motifs is 1. The molecule has 0 bridgehead atoms. The van der Waals surface area contributed by atoms with Crippen LogP contribution in [0.2, 0.25) is 0 Å². The number of nitrogens with zero attached hydrogens (tertiary/aromatic N) is 2. The van der Waals surface area contributed by atoms with Gasteiger partial charge < -0.3 is 10.2 Å². The lowest BCUT2D eigenvalue weighted by Gasteiger charge is -2.28. The van der Waals surface area contributed by atoms with E-state index in [-0.39, 0.29) is 11.9 Å². The van der Waals surface area contributed by atoms with Crippen molar-refractivity contribution >= 4 is 21.6 Å². The Morgan fingerprint density at radius 3 is 2.68 bits per heavy atom. The lowest BCUT2D eigenvalue weighted by atomic mass is 10.0. The Hall–Kier alpha value is -1.44. The van der Waals surface area contributed by atoms with Gasteiger partial charge in [-0.2, -0.15) is 4.31 Å². The molecule has 0 saturated carbocycles. The molecule has 0 spiro atoms. The Morgan fingerprint density at radius 2 is 1.88 bits per heavy atom. The van der Waals surface area contributed by atoms with Crippen LogP contribution in [0.15, 0.2) is 23.1 Å². The SMILES string of the molecule is O=C1CCc2cc(S(=O)(=O)N3CCC[C@@H]3CN3CCCC3)ccc2N1. The summed E-state index contributed by atoms with van der Waals surface area (Å²) < 4.78 is 28.1. The minimum atomic E-state index is -3.48. The van der Waals surface area contributed by atoms with Crippen molar-refractivity contribution in [2.75, 3.05) is 31.5 Å². The van der Waals surface area contributed by atoms with Crippen LogP contribution in [0.3, 0.4) is 0 Å². The number of nitrogens with one attached hydrogen (secondary N) is 1. The molecule has 136 valence electrons. The smallest absolute Gasteiger partial charge is 0.243 e.